The summed E-state index contributed by atoms with van der Waals surface area (Å²) >= 11 is 0. The SMILES string of the molecule is NC(=O)[C@H](C(=O)Nc1ccc(N2CCOCC2=O)cc1OC(F)F)N(CC(F)(F)F)CC(F)(F)F. The molecule has 0 unspecified atom stereocenters. The van der Waals surface area contributed by atoms with E-state index in [1.165, 1.54) is 0 Å². The van der Waals surface area contributed by atoms with Crippen molar-refractivity contribution in [3.63, 3.8) is 0 Å². The number of hydrogen-bond donors (Lipinski definition) is 2. The van der Waals surface area contributed by atoms with Crippen LogP contribution in [0.1, 0.15) is 0 Å². The second-order valence-electron chi connectivity index (χ2n) is 7.09. The quantitative estimate of drug-likeness (QED) is 0.378. The van der Waals surface area contributed by atoms with Crippen LogP contribution in [0, 0.1) is 0 Å². The van der Waals surface area contributed by atoms with Gasteiger partial charge in [0.1, 0.15) is 6.61 Å². The number of primary amides is 1. The van der Waals surface area contributed by atoms with Gasteiger partial charge in [0.15, 0.2) is 11.8 Å². The maximum Gasteiger partial charge on any atom is 0.401 e. The van der Waals surface area contributed by atoms with E-state index in [0.717, 1.165) is 23.1 Å². The van der Waals surface area contributed by atoms with Gasteiger partial charge in [-0.1, -0.05) is 0 Å². The fourth-order valence-electron chi connectivity index (χ4n) is 3.14. The van der Waals surface area contributed by atoms with Crippen molar-refractivity contribution in [3.05, 3.63) is 18.2 Å². The third-order valence-corrected chi connectivity index (χ3v) is 4.38. The molecule has 1 aliphatic rings. The Labute approximate surface area is 191 Å². The van der Waals surface area contributed by atoms with Crippen LogP contribution in [0.4, 0.5) is 46.5 Å². The first-order valence-electron chi connectivity index (χ1n) is 9.52. The Morgan fingerprint density at radius 2 is 1.74 bits per heavy atom. The maximum absolute atomic E-state index is 12.9. The number of carbonyl (C=O) groups excluding carboxylic acids is 3. The summed E-state index contributed by atoms with van der Waals surface area (Å²) in [5.74, 6) is -4.95. The van der Waals surface area contributed by atoms with Crippen molar-refractivity contribution in [2.45, 2.75) is 25.0 Å². The largest absolute Gasteiger partial charge is 0.433 e. The molecule has 1 heterocycles. The van der Waals surface area contributed by atoms with E-state index in [1.807, 2.05) is 0 Å². The van der Waals surface area contributed by atoms with Gasteiger partial charge in [-0.25, -0.2) is 0 Å². The van der Waals surface area contributed by atoms with Gasteiger partial charge in [-0.2, -0.15) is 35.1 Å². The van der Waals surface area contributed by atoms with Crippen molar-refractivity contribution < 1.29 is 59.0 Å². The molecule has 0 radical (unpaired) electrons. The number of amides is 3. The van der Waals surface area contributed by atoms with Crippen LogP contribution in [0.5, 0.6) is 5.75 Å². The van der Waals surface area contributed by atoms with Crippen LogP contribution in [0.15, 0.2) is 18.2 Å². The molecule has 196 valence electrons. The molecule has 35 heavy (non-hydrogen) atoms. The van der Waals surface area contributed by atoms with E-state index < -0.39 is 72.2 Å². The molecule has 1 fully saturated rings. The third kappa shape index (κ3) is 8.50. The average Bonchev–Trinajstić information content (AvgIpc) is 2.66. The maximum atomic E-state index is 12.9. The Hall–Kier alpha value is -3.21. The van der Waals surface area contributed by atoms with Crippen LogP contribution in [0.25, 0.3) is 0 Å². The lowest BCUT2D eigenvalue weighted by Gasteiger charge is -2.30. The molecule has 1 aromatic carbocycles. The van der Waals surface area contributed by atoms with Crippen LogP contribution in [-0.2, 0) is 19.1 Å². The van der Waals surface area contributed by atoms with Crippen molar-refractivity contribution in [1.82, 2.24) is 4.90 Å². The molecule has 9 nitrogen and oxygen atoms in total. The van der Waals surface area contributed by atoms with Crippen molar-refractivity contribution >= 4 is 29.1 Å². The topological polar surface area (TPSA) is 114 Å². The minimum Gasteiger partial charge on any atom is -0.433 e. The van der Waals surface area contributed by atoms with Gasteiger partial charge in [-0.3, -0.25) is 19.3 Å². The molecular weight excluding hydrogens is 504 g/mol. The summed E-state index contributed by atoms with van der Waals surface area (Å²) in [6.45, 7) is -8.29. The summed E-state index contributed by atoms with van der Waals surface area (Å²) in [5.41, 5.74) is 4.29. The van der Waals surface area contributed by atoms with E-state index >= 15 is 0 Å². The lowest BCUT2D eigenvalue weighted by atomic mass is 10.1. The normalized spacial score (nSPS) is 15.9. The highest BCUT2D eigenvalue weighted by molar-refractivity contribution is 6.10. The number of nitrogens with two attached hydrogens (primary N) is 1. The average molecular weight is 522 g/mol. The molecule has 2 rings (SSSR count). The van der Waals surface area contributed by atoms with Crippen LogP contribution >= 0.6 is 0 Å². The molecule has 0 spiro atoms. The number of nitrogens with zero attached hydrogens (tertiary/aromatic N) is 2. The summed E-state index contributed by atoms with van der Waals surface area (Å²) in [6, 6.07) is 0.148. The highest BCUT2D eigenvalue weighted by Crippen LogP contribution is 2.33. The number of halogens is 8. The van der Waals surface area contributed by atoms with Gasteiger partial charge in [-0.15, -0.1) is 0 Å². The minimum absolute atomic E-state index is 0.0224. The summed E-state index contributed by atoms with van der Waals surface area (Å²) in [6.07, 6.45) is -10.5. The Balaban J connectivity index is 2.38. The molecular formula is C18H18F8N4O5. The monoisotopic (exact) mass is 522 g/mol. The van der Waals surface area contributed by atoms with E-state index in [9.17, 15) is 49.5 Å². The van der Waals surface area contributed by atoms with Gasteiger partial charge in [0, 0.05) is 18.3 Å². The molecule has 3 amide bonds. The van der Waals surface area contributed by atoms with Crippen molar-refractivity contribution in [3.8, 4) is 5.75 Å². The molecule has 1 atom stereocenters. The zero-order valence-electron chi connectivity index (χ0n) is 17.5. The fourth-order valence-corrected chi connectivity index (χ4v) is 3.14. The van der Waals surface area contributed by atoms with Gasteiger partial charge in [0.05, 0.1) is 25.4 Å². The van der Waals surface area contributed by atoms with Gasteiger partial charge >= 0.3 is 19.0 Å². The van der Waals surface area contributed by atoms with Crippen LogP contribution < -0.4 is 20.7 Å². The van der Waals surface area contributed by atoms with E-state index in [1.54, 1.807) is 5.32 Å². The number of ether oxygens (including phenoxy) is 2. The third-order valence-electron chi connectivity index (χ3n) is 4.38. The highest BCUT2D eigenvalue weighted by atomic mass is 19.4. The zero-order chi connectivity index (χ0) is 26.6. The first-order valence-corrected chi connectivity index (χ1v) is 9.52. The molecule has 1 aromatic rings. The molecule has 1 aliphatic heterocycles. The number of hydrogen-bond acceptors (Lipinski definition) is 6. The Kier molecular flexibility index (Phi) is 8.83. The summed E-state index contributed by atoms with van der Waals surface area (Å²) < 4.78 is 112. The molecule has 17 heteroatoms. The van der Waals surface area contributed by atoms with Crippen LogP contribution in [0.2, 0.25) is 0 Å². The van der Waals surface area contributed by atoms with Crippen LogP contribution in [0.3, 0.4) is 0 Å². The number of alkyl halides is 8. The van der Waals surface area contributed by atoms with E-state index in [4.69, 9.17) is 10.5 Å². The zero-order valence-corrected chi connectivity index (χ0v) is 17.5. The van der Waals surface area contributed by atoms with E-state index in [2.05, 4.69) is 4.74 Å². The Morgan fingerprint density at radius 3 is 2.23 bits per heavy atom. The van der Waals surface area contributed by atoms with Crippen molar-refractivity contribution in [2.24, 2.45) is 5.73 Å². The summed E-state index contributed by atoms with van der Waals surface area (Å²) in [7, 11) is 0. The number of nitrogens with one attached hydrogen (secondary N) is 1. The predicted octanol–water partition coefficient (Wildman–Crippen LogP) is 1.87. The second-order valence-corrected chi connectivity index (χ2v) is 7.09. The highest BCUT2D eigenvalue weighted by Gasteiger charge is 2.44. The lowest BCUT2D eigenvalue weighted by molar-refractivity contribution is -0.187. The first-order chi connectivity index (χ1) is 16.1. The van der Waals surface area contributed by atoms with E-state index in [0.29, 0.717) is 0 Å². The predicted molar refractivity (Wildman–Crippen MR) is 102 cm³/mol. The second kappa shape index (κ2) is 11.0. The van der Waals surface area contributed by atoms with Crippen molar-refractivity contribution in [1.29, 1.82) is 0 Å². The Morgan fingerprint density at radius 1 is 1.14 bits per heavy atom. The van der Waals surface area contributed by atoms with Crippen molar-refractivity contribution in [2.75, 3.05) is 43.1 Å². The van der Waals surface area contributed by atoms with Gasteiger partial charge < -0.3 is 25.4 Å². The van der Waals surface area contributed by atoms with Gasteiger partial charge in [0.25, 0.3) is 11.8 Å². The molecule has 1 saturated heterocycles. The van der Waals surface area contributed by atoms with Gasteiger partial charge in [-0.05, 0) is 12.1 Å². The molecule has 0 aromatic heterocycles. The molecule has 0 bridgehead atoms. The lowest BCUT2D eigenvalue weighted by Crippen LogP contribution is -2.56. The molecule has 0 aliphatic carbocycles. The number of benzene rings is 1. The minimum atomic E-state index is -5.25. The standard InChI is InChI=1S/C18H18F8N4O5/c19-16(20)35-11-5-9(30-3-4-34-6-12(30)31)1-2-10(11)28-15(33)13(14(27)32)29(7-17(21,22)23)8-18(24,25)26/h1-2,5,13,16H,3-4,6-8H2,(H2,27,32)(H,28,33)/t13-/m1/s1. The van der Waals surface area contributed by atoms with E-state index in [-0.39, 0.29) is 25.4 Å². The summed E-state index contributed by atoms with van der Waals surface area (Å²) in [4.78, 5) is 36.8. The molecule has 0 saturated carbocycles. The Bertz CT molecular complexity index is 924. The number of carbonyl (C=O) groups is 3. The number of rotatable bonds is 9. The number of morpholine rings is 1. The first kappa shape index (κ1) is 28.0. The number of anilines is 2. The van der Waals surface area contributed by atoms with Crippen LogP contribution in [-0.4, -0.2) is 80.5 Å². The summed E-state index contributed by atoms with van der Waals surface area (Å²) in [5, 5.41) is 1.79. The smallest absolute Gasteiger partial charge is 0.401 e. The van der Waals surface area contributed by atoms with Gasteiger partial charge in [0.2, 0.25) is 5.91 Å². The molecule has 3 N–H and O–H groups in total. The fraction of sp³-hybridized carbons (Fsp3) is 0.500.